The Morgan fingerprint density at radius 1 is 1.15 bits per heavy atom. The van der Waals surface area contributed by atoms with Crippen molar-refractivity contribution < 1.29 is 12.8 Å². The van der Waals surface area contributed by atoms with Crippen LogP contribution in [0.25, 0.3) is 0 Å². The molecule has 20 heavy (non-hydrogen) atoms. The molecule has 5 heteroatoms. The Morgan fingerprint density at radius 3 is 2.50 bits per heavy atom. The van der Waals surface area contributed by atoms with Gasteiger partial charge in [-0.2, -0.15) is 4.31 Å². The van der Waals surface area contributed by atoms with Crippen molar-refractivity contribution in [1.29, 1.82) is 0 Å². The van der Waals surface area contributed by atoms with Crippen molar-refractivity contribution in [3.8, 4) is 0 Å². The van der Waals surface area contributed by atoms with E-state index in [1.54, 1.807) is 24.3 Å². The largest absolute Gasteiger partial charge is 0.246 e. The van der Waals surface area contributed by atoms with Crippen molar-refractivity contribution in [2.75, 3.05) is 6.54 Å². The fourth-order valence-electron chi connectivity index (χ4n) is 3.48. The number of alkyl halides is 1. The Morgan fingerprint density at radius 2 is 1.80 bits per heavy atom. The van der Waals surface area contributed by atoms with Gasteiger partial charge in [-0.05, 0) is 31.9 Å². The second-order valence-electron chi connectivity index (χ2n) is 5.92. The molecule has 2 aliphatic rings. The minimum absolute atomic E-state index is 0.0194. The maximum Gasteiger partial charge on any atom is 0.243 e. The van der Waals surface area contributed by atoms with Crippen molar-refractivity contribution >= 4 is 10.0 Å². The number of nitrogens with zero attached hydrogens (tertiary/aromatic N) is 1. The van der Waals surface area contributed by atoms with E-state index in [4.69, 9.17) is 0 Å². The zero-order chi connectivity index (χ0) is 14.3. The van der Waals surface area contributed by atoms with Crippen LogP contribution in [0, 0.1) is 12.8 Å². The first-order valence-electron chi connectivity index (χ1n) is 7.23. The minimum atomic E-state index is -3.57. The number of hydrogen-bond acceptors (Lipinski definition) is 2. The Labute approximate surface area is 119 Å². The van der Waals surface area contributed by atoms with Crippen molar-refractivity contribution in [2.24, 2.45) is 5.92 Å². The first kappa shape index (κ1) is 14.0. The average Bonchev–Trinajstić information content (AvgIpc) is 2.78. The number of fused-ring (bicyclic) bond motifs is 1. The summed E-state index contributed by atoms with van der Waals surface area (Å²) in [5.41, 5.74) is 1.02. The van der Waals surface area contributed by atoms with Gasteiger partial charge in [0.15, 0.2) is 0 Å². The summed E-state index contributed by atoms with van der Waals surface area (Å²) in [6, 6.07) is 6.66. The van der Waals surface area contributed by atoms with Crippen LogP contribution in [0.2, 0.25) is 0 Å². The highest BCUT2D eigenvalue weighted by Crippen LogP contribution is 2.40. The summed E-state index contributed by atoms with van der Waals surface area (Å²) in [5, 5.41) is 0. The number of sulfonamides is 1. The molecule has 0 radical (unpaired) electrons. The molecule has 0 spiro atoms. The number of rotatable bonds is 2. The lowest BCUT2D eigenvalue weighted by Crippen LogP contribution is -2.39. The molecule has 0 aromatic heterocycles. The lowest BCUT2D eigenvalue weighted by Gasteiger charge is -2.30. The quantitative estimate of drug-likeness (QED) is 0.841. The SMILES string of the molecule is Cc1ccc(S(=O)(=O)N2C[C@@H](F)[C@H]3CCCC[C@H]32)cc1. The molecule has 1 heterocycles. The Bertz CT molecular complexity index is 584. The number of aryl methyl sites for hydroxylation is 1. The molecule has 1 saturated carbocycles. The van der Waals surface area contributed by atoms with E-state index in [-0.39, 0.29) is 23.4 Å². The number of benzene rings is 1. The first-order valence-corrected chi connectivity index (χ1v) is 8.67. The molecule has 1 saturated heterocycles. The summed E-state index contributed by atoms with van der Waals surface area (Å²) in [6.45, 7) is 1.94. The van der Waals surface area contributed by atoms with Gasteiger partial charge in [0.25, 0.3) is 0 Å². The Balaban J connectivity index is 1.93. The molecule has 2 fully saturated rings. The number of hydrogen-bond donors (Lipinski definition) is 0. The summed E-state index contributed by atoms with van der Waals surface area (Å²) in [6.07, 6.45) is 2.59. The van der Waals surface area contributed by atoms with E-state index >= 15 is 0 Å². The van der Waals surface area contributed by atoms with E-state index in [0.29, 0.717) is 0 Å². The predicted molar refractivity (Wildman–Crippen MR) is 75.7 cm³/mol. The minimum Gasteiger partial charge on any atom is -0.246 e. The lowest BCUT2D eigenvalue weighted by atomic mass is 9.85. The standard InChI is InChI=1S/C15H20FNO2S/c1-11-6-8-12(9-7-11)20(18,19)17-10-14(16)13-4-2-3-5-15(13)17/h6-9,13-15H,2-5,10H2,1H3/t13-,14-,15-/m1/s1. The van der Waals surface area contributed by atoms with Gasteiger partial charge in [-0.1, -0.05) is 30.5 Å². The summed E-state index contributed by atoms with van der Waals surface area (Å²) in [5.74, 6) is -0.107. The van der Waals surface area contributed by atoms with Crippen LogP contribution in [0.1, 0.15) is 31.2 Å². The fourth-order valence-corrected chi connectivity index (χ4v) is 5.19. The van der Waals surface area contributed by atoms with E-state index in [9.17, 15) is 12.8 Å². The summed E-state index contributed by atoms with van der Waals surface area (Å²) in [4.78, 5) is 0.279. The maximum atomic E-state index is 14.1. The van der Waals surface area contributed by atoms with E-state index in [1.165, 1.54) is 4.31 Å². The zero-order valence-corrected chi connectivity index (χ0v) is 12.4. The monoisotopic (exact) mass is 297 g/mol. The highest BCUT2D eigenvalue weighted by Gasteiger charge is 2.48. The van der Waals surface area contributed by atoms with Gasteiger partial charge in [0.1, 0.15) is 6.17 Å². The summed E-state index contributed by atoms with van der Waals surface area (Å²) >= 11 is 0. The Kier molecular flexibility index (Phi) is 3.58. The zero-order valence-electron chi connectivity index (χ0n) is 11.6. The fraction of sp³-hybridized carbons (Fsp3) is 0.600. The van der Waals surface area contributed by atoms with Crippen molar-refractivity contribution in [3.05, 3.63) is 29.8 Å². The molecule has 1 aliphatic carbocycles. The Hall–Kier alpha value is -0.940. The third-order valence-electron chi connectivity index (χ3n) is 4.60. The van der Waals surface area contributed by atoms with Gasteiger partial charge in [0.05, 0.1) is 4.90 Å². The van der Waals surface area contributed by atoms with Crippen molar-refractivity contribution in [2.45, 2.75) is 49.7 Å². The van der Waals surface area contributed by atoms with Crippen molar-refractivity contribution in [1.82, 2.24) is 4.31 Å². The van der Waals surface area contributed by atoms with Gasteiger partial charge in [0.2, 0.25) is 10.0 Å². The normalized spacial score (nSPS) is 31.2. The van der Waals surface area contributed by atoms with Gasteiger partial charge in [-0.15, -0.1) is 0 Å². The van der Waals surface area contributed by atoms with E-state index in [0.717, 1.165) is 31.2 Å². The number of halogens is 1. The van der Waals surface area contributed by atoms with Crippen LogP contribution >= 0.6 is 0 Å². The van der Waals surface area contributed by atoms with Gasteiger partial charge in [-0.25, -0.2) is 12.8 Å². The second kappa shape index (κ2) is 5.11. The molecule has 1 aromatic carbocycles. The van der Waals surface area contributed by atoms with Crippen molar-refractivity contribution in [3.63, 3.8) is 0 Å². The average molecular weight is 297 g/mol. The third kappa shape index (κ3) is 2.27. The molecule has 1 aromatic rings. The van der Waals surface area contributed by atoms with Crippen LogP contribution < -0.4 is 0 Å². The van der Waals surface area contributed by atoms with Gasteiger partial charge in [0, 0.05) is 18.5 Å². The molecular weight excluding hydrogens is 277 g/mol. The topological polar surface area (TPSA) is 37.4 Å². The first-order chi connectivity index (χ1) is 9.50. The van der Waals surface area contributed by atoms with Gasteiger partial charge < -0.3 is 0 Å². The maximum absolute atomic E-state index is 14.1. The van der Waals surface area contributed by atoms with E-state index < -0.39 is 16.2 Å². The molecule has 1 aliphatic heterocycles. The van der Waals surface area contributed by atoms with Crippen LogP contribution in [0.5, 0.6) is 0 Å². The van der Waals surface area contributed by atoms with E-state index in [2.05, 4.69) is 0 Å². The lowest BCUT2D eigenvalue weighted by molar-refractivity contribution is 0.207. The van der Waals surface area contributed by atoms with Crippen LogP contribution in [0.4, 0.5) is 4.39 Å². The smallest absolute Gasteiger partial charge is 0.243 e. The molecule has 3 rings (SSSR count). The molecule has 0 bridgehead atoms. The highest BCUT2D eigenvalue weighted by molar-refractivity contribution is 7.89. The molecule has 0 unspecified atom stereocenters. The summed E-state index contributed by atoms with van der Waals surface area (Å²) < 4.78 is 40.9. The third-order valence-corrected chi connectivity index (χ3v) is 6.50. The molecule has 0 amide bonds. The molecule has 0 N–H and O–H groups in total. The van der Waals surface area contributed by atoms with Crippen LogP contribution in [-0.2, 0) is 10.0 Å². The van der Waals surface area contributed by atoms with Crippen LogP contribution in [0.3, 0.4) is 0 Å². The summed E-state index contributed by atoms with van der Waals surface area (Å²) in [7, 11) is -3.57. The molecule has 3 nitrogen and oxygen atoms in total. The van der Waals surface area contributed by atoms with Crippen LogP contribution in [-0.4, -0.2) is 31.5 Å². The highest BCUT2D eigenvalue weighted by atomic mass is 32.2. The van der Waals surface area contributed by atoms with Gasteiger partial charge >= 0.3 is 0 Å². The van der Waals surface area contributed by atoms with Crippen LogP contribution in [0.15, 0.2) is 29.2 Å². The van der Waals surface area contributed by atoms with Gasteiger partial charge in [-0.3, -0.25) is 0 Å². The molecule has 3 atom stereocenters. The second-order valence-corrected chi connectivity index (χ2v) is 7.81. The predicted octanol–water partition coefficient (Wildman–Crippen LogP) is 2.90. The molecule has 110 valence electrons. The van der Waals surface area contributed by atoms with E-state index in [1.807, 2.05) is 6.92 Å². The molecular formula is C15H20FNO2S.